The maximum Gasteiger partial charge on any atom is 0.267 e. The highest BCUT2D eigenvalue weighted by Crippen LogP contribution is 2.18. The van der Waals surface area contributed by atoms with Crippen LogP contribution in [0.25, 0.3) is 11.3 Å². The molecule has 0 spiro atoms. The van der Waals surface area contributed by atoms with Crippen molar-refractivity contribution < 1.29 is 4.79 Å². The molecule has 1 heterocycles. The number of amides is 1. The molecule has 2 rings (SSSR count). The third-order valence-electron chi connectivity index (χ3n) is 4.17. The summed E-state index contributed by atoms with van der Waals surface area (Å²) in [6.45, 7) is 7.67. The van der Waals surface area contributed by atoms with Crippen LogP contribution >= 0.6 is 11.6 Å². The number of carbonyl (C=O) groups is 1. The molecule has 140 valence electrons. The van der Waals surface area contributed by atoms with Gasteiger partial charge in [0, 0.05) is 23.2 Å². The van der Waals surface area contributed by atoms with Crippen molar-refractivity contribution >= 4 is 17.5 Å². The summed E-state index contributed by atoms with van der Waals surface area (Å²) in [4.78, 5) is 26.4. The second-order valence-corrected chi connectivity index (χ2v) is 6.39. The van der Waals surface area contributed by atoms with Crippen LogP contribution in [0.1, 0.15) is 20.3 Å². The first kappa shape index (κ1) is 20.1. The van der Waals surface area contributed by atoms with Gasteiger partial charge in [-0.25, -0.2) is 4.68 Å². The minimum Gasteiger partial charge on any atom is -0.354 e. The standard InChI is InChI=1S/C19H25ClN4O2/c1-3-23(4-2)13-5-12-21-18(25)14-24-19(26)11-10-17(22-24)15-6-8-16(20)9-7-15/h6-11H,3-5,12-14H2,1-2H3,(H,21,25). The second kappa shape index (κ2) is 10.1. The first-order valence-corrected chi connectivity index (χ1v) is 9.24. The van der Waals surface area contributed by atoms with Crippen molar-refractivity contribution in [3.05, 3.63) is 51.8 Å². The summed E-state index contributed by atoms with van der Waals surface area (Å²) in [7, 11) is 0. The van der Waals surface area contributed by atoms with Gasteiger partial charge >= 0.3 is 0 Å². The van der Waals surface area contributed by atoms with Gasteiger partial charge in [-0.05, 0) is 44.3 Å². The Morgan fingerprint density at radius 1 is 1.15 bits per heavy atom. The molecule has 26 heavy (non-hydrogen) atoms. The molecule has 2 aromatic rings. The molecular formula is C19H25ClN4O2. The Hall–Kier alpha value is -2.18. The van der Waals surface area contributed by atoms with Crippen molar-refractivity contribution in [1.82, 2.24) is 20.0 Å². The number of aromatic nitrogens is 2. The molecule has 1 aromatic carbocycles. The molecule has 1 N–H and O–H groups in total. The fraction of sp³-hybridized carbons (Fsp3) is 0.421. The first-order chi connectivity index (χ1) is 12.5. The van der Waals surface area contributed by atoms with Crippen LogP contribution < -0.4 is 10.9 Å². The fourth-order valence-corrected chi connectivity index (χ4v) is 2.73. The molecule has 0 unspecified atom stereocenters. The van der Waals surface area contributed by atoms with E-state index in [1.54, 1.807) is 18.2 Å². The van der Waals surface area contributed by atoms with Crippen LogP contribution in [0.15, 0.2) is 41.2 Å². The highest BCUT2D eigenvalue weighted by molar-refractivity contribution is 6.30. The summed E-state index contributed by atoms with van der Waals surface area (Å²) >= 11 is 5.89. The molecule has 0 saturated heterocycles. The Balaban J connectivity index is 1.94. The van der Waals surface area contributed by atoms with E-state index in [0.717, 1.165) is 31.6 Å². The molecule has 0 bridgehead atoms. The van der Waals surface area contributed by atoms with Crippen LogP contribution in [0.5, 0.6) is 0 Å². The molecule has 0 aliphatic rings. The zero-order valence-corrected chi connectivity index (χ0v) is 16.0. The molecule has 1 amide bonds. The molecule has 0 atom stereocenters. The van der Waals surface area contributed by atoms with E-state index >= 15 is 0 Å². The number of hydrogen-bond donors (Lipinski definition) is 1. The molecule has 6 nitrogen and oxygen atoms in total. The van der Waals surface area contributed by atoms with Crippen LogP contribution in [0, 0.1) is 0 Å². The van der Waals surface area contributed by atoms with Crippen LogP contribution in [-0.4, -0.2) is 46.8 Å². The van der Waals surface area contributed by atoms with Crippen LogP contribution in [-0.2, 0) is 11.3 Å². The SMILES string of the molecule is CCN(CC)CCCNC(=O)Cn1nc(-c2ccc(Cl)cc2)ccc1=O. The van der Waals surface area contributed by atoms with Crippen molar-refractivity contribution in [2.45, 2.75) is 26.8 Å². The zero-order chi connectivity index (χ0) is 18.9. The van der Waals surface area contributed by atoms with E-state index in [9.17, 15) is 9.59 Å². The van der Waals surface area contributed by atoms with Gasteiger partial charge < -0.3 is 10.2 Å². The largest absolute Gasteiger partial charge is 0.354 e. The van der Waals surface area contributed by atoms with E-state index in [1.165, 1.54) is 10.7 Å². The van der Waals surface area contributed by atoms with E-state index in [1.807, 2.05) is 12.1 Å². The predicted molar refractivity (Wildman–Crippen MR) is 104 cm³/mol. The van der Waals surface area contributed by atoms with E-state index in [2.05, 4.69) is 29.2 Å². The Morgan fingerprint density at radius 3 is 2.50 bits per heavy atom. The summed E-state index contributed by atoms with van der Waals surface area (Å²) in [5, 5.41) is 7.76. The molecule has 0 saturated carbocycles. The molecule has 0 aliphatic heterocycles. The quantitative estimate of drug-likeness (QED) is 0.682. The number of nitrogens with one attached hydrogen (secondary N) is 1. The van der Waals surface area contributed by atoms with Gasteiger partial charge in [-0.1, -0.05) is 37.6 Å². The third kappa shape index (κ3) is 5.97. The van der Waals surface area contributed by atoms with Gasteiger partial charge in [-0.15, -0.1) is 0 Å². The summed E-state index contributed by atoms with van der Waals surface area (Å²) in [5.41, 5.74) is 1.15. The Morgan fingerprint density at radius 2 is 1.85 bits per heavy atom. The Kier molecular flexibility index (Phi) is 7.81. The van der Waals surface area contributed by atoms with Gasteiger partial charge in [0.25, 0.3) is 5.56 Å². The maximum atomic E-state index is 12.1. The van der Waals surface area contributed by atoms with Gasteiger partial charge in [0.05, 0.1) is 5.69 Å². The number of rotatable bonds is 9. The van der Waals surface area contributed by atoms with E-state index in [-0.39, 0.29) is 18.0 Å². The Labute approximate surface area is 158 Å². The lowest BCUT2D eigenvalue weighted by molar-refractivity contribution is -0.121. The lowest BCUT2D eigenvalue weighted by Gasteiger charge is -2.17. The maximum absolute atomic E-state index is 12.1. The van der Waals surface area contributed by atoms with Crippen molar-refractivity contribution in [1.29, 1.82) is 0 Å². The molecule has 1 aromatic heterocycles. The lowest BCUT2D eigenvalue weighted by Crippen LogP contribution is -2.35. The summed E-state index contributed by atoms with van der Waals surface area (Å²) in [5.74, 6) is -0.215. The smallest absolute Gasteiger partial charge is 0.267 e. The molecule has 0 radical (unpaired) electrons. The highest BCUT2D eigenvalue weighted by atomic mass is 35.5. The third-order valence-corrected chi connectivity index (χ3v) is 4.42. The fourth-order valence-electron chi connectivity index (χ4n) is 2.60. The minimum absolute atomic E-state index is 0.0917. The topological polar surface area (TPSA) is 67.2 Å². The van der Waals surface area contributed by atoms with E-state index in [0.29, 0.717) is 17.3 Å². The number of carbonyl (C=O) groups excluding carboxylic acids is 1. The van der Waals surface area contributed by atoms with E-state index < -0.39 is 0 Å². The van der Waals surface area contributed by atoms with E-state index in [4.69, 9.17) is 11.6 Å². The van der Waals surface area contributed by atoms with Gasteiger partial charge in [-0.2, -0.15) is 5.10 Å². The highest BCUT2D eigenvalue weighted by Gasteiger charge is 2.08. The predicted octanol–water partition coefficient (Wildman–Crippen LogP) is 2.41. The molecule has 7 heteroatoms. The first-order valence-electron chi connectivity index (χ1n) is 8.86. The second-order valence-electron chi connectivity index (χ2n) is 5.95. The van der Waals surface area contributed by atoms with Gasteiger partial charge in [0.15, 0.2) is 0 Å². The summed E-state index contributed by atoms with van der Waals surface area (Å²) in [6, 6.07) is 10.2. The molecule has 0 fully saturated rings. The van der Waals surface area contributed by atoms with Crippen LogP contribution in [0.4, 0.5) is 0 Å². The normalized spacial score (nSPS) is 10.9. The lowest BCUT2D eigenvalue weighted by atomic mass is 10.1. The van der Waals surface area contributed by atoms with Crippen molar-refractivity contribution in [2.24, 2.45) is 0 Å². The average Bonchev–Trinajstić information content (AvgIpc) is 2.64. The summed E-state index contributed by atoms with van der Waals surface area (Å²) in [6.07, 6.45) is 0.876. The van der Waals surface area contributed by atoms with Crippen LogP contribution in [0.2, 0.25) is 5.02 Å². The number of hydrogen-bond acceptors (Lipinski definition) is 4. The minimum atomic E-state index is -0.305. The monoisotopic (exact) mass is 376 g/mol. The van der Waals surface area contributed by atoms with Crippen molar-refractivity contribution in [3.8, 4) is 11.3 Å². The number of nitrogens with zero attached hydrogens (tertiary/aromatic N) is 3. The number of benzene rings is 1. The average molecular weight is 377 g/mol. The summed E-state index contributed by atoms with van der Waals surface area (Å²) < 4.78 is 1.18. The van der Waals surface area contributed by atoms with Gasteiger partial charge in [-0.3, -0.25) is 9.59 Å². The van der Waals surface area contributed by atoms with Gasteiger partial charge in [0.2, 0.25) is 5.91 Å². The van der Waals surface area contributed by atoms with Gasteiger partial charge in [0.1, 0.15) is 6.54 Å². The molecular weight excluding hydrogens is 352 g/mol. The Bertz CT molecular complexity index is 770. The van der Waals surface area contributed by atoms with Crippen molar-refractivity contribution in [2.75, 3.05) is 26.2 Å². The van der Waals surface area contributed by atoms with Crippen molar-refractivity contribution in [3.63, 3.8) is 0 Å². The van der Waals surface area contributed by atoms with Crippen LogP contribution in [0.3, 0.4) is 0 Å². The molecule has 0 aliphatic carbocycles. The zero-order valence-electron chi connectivity index (χ0n) is 15.2. The number of halogens is 1.